The molecule has 0 saturated heterocycles. The molecule has 166 valence electrons. The Labute approximate surface area is 261 Å². The number of rotatable bonds is 10. The van der Waals surface area contributed by atoms with Gasteiger partial charge in [0.1, 0.15) is 0 Å². The first kappa shape index (κ1) is 41.7. The molecule has 16 nitrogen and oxygen atoms in total. The SMILES string of the molecule is O=C(O)C[C@@](O)(C(=O)O)[C@H](O)C(=O)O.O=C(O)C[C@@](O)(C(=O)O)[C@H](O)C(=O)O.[Ca].[Ca].[Ca]. The van der Waals surface area contributed by atoms with Gasteiger partial charge in [-0.1, -0.05) is 0 Å². The average Bonchev–Trinajstić information content (AvgIpc) is 2.51. The number of hydrogen-bond donors (Lipinski definition) is 10. The van der Waals surface area contributed by atoms with Crippen molar-refractivity contribution in [2.45, 2.75) is 36.3 Å². The number of carboxylic acid groups (broad SMARTS) is 6. The molecule has 0 aliphatic carbocycles. The molecule has 4 atom stereocenters. The van der Waals surface area contributed by atoms with Crippen LogP contribution in [0.5, 0.6) is 0 Å². The van der Waals surface area contributed by atoms with Gasteiger partial charge in [-0.15, -0.1) is 0 Å². The minimum Gasteiger partial charge on any atom is -0.481 e. The van der Waals surface area contributed by atoms with Crippen LogP contribution < -0.4 is 0 Å². The predicted octanol–water partition coefficient (Wildman–Crippen LogP) is -5.70. The van der Waals surface area contributed by atoms with E-state index in [-0.39, 0.29) is 113 Å². The quantitative estimate of drug-likeness (QED) is 0.116. The summed E-state index contributed by atoms with van der Waals surface area (Å²) in [6.07, 6.45) is -8.21. The van der Waals surface area contributed by atoms with Crippen molar-refractivity contribution in [3.63, 3.8) is 0 Å². The topological polar surface area (TPSA) is 305 Å². The van der Waals surface area contributed by atoms with Crippen LogP contribution in [0.3, 0.4) is 0 Å². The number of carboxylic acids is 6. The van der Waals surface area contributed by atoms with E-state index >= 15 is 0 Å². The first-order chi connectivity index (χ1) is 12.4. The molecule has 0 fully saturated rings. The summed E-state index contributed by atoms with van der Waals surface area (Å²) < 4.78 is 0. The first-order valence-corrected chi connectivity index (χ1v) is 6.60. The summed E-state index contributed by atoms with van der Waals surface area (Å²) in [6.45, 7) is 0. The van der Waals surface area contributed by atoms with Crippen molar-refractivity contribution in [3.05, 3.63) is 0 Å². The predicted molar refractivity (Wildman–Crippen MR) is 94.2 cm³/mol. The van der Waals surface area contributed by atoms with Crippen LogP contribution in [0.15, 0.2) is 0 Å². The zero-order valence-electron chi connectivity index (χ0n) is 15.6. The number of aliphatic hydroxyl groups excluding tert-OH is 2. The molecule has 0 spiro atoms. The van der Waals surface area contributed by atoms with Gasteiger partial charge in [0, 0.05) is 113 Å². The number of hydrogen-bond acceptors (Lipinski definition) is 10. The van der Waals surface area contributed by atoms with Crippen molar-refractivity contribution in [1.29, 1.82) is 0 Å². The molecule has 6 radical (unpaired) electrons. The molecule has 0 rings (SSSR count). The standard InChI is InChI=1S/2C6H8O8.3Ca/c2*7-2(8)1-6(14,5(12)13)3(9)4(10)11;;;/h2*3,9,14H,1H2,(H,7,8)(H,10,11)(H,12,13);;;/t2*3-,6+;;;/m11.../s1. The van der Waals surface area contributed by atoms with Crippen LogP contribution in [-0.4, -0.2) is 224 Å². The number of carbonyl (C=O) groups is 6. The maximum atomic E-state index is 10.4. The fourth-order valence-corrected chi connectivity index (χ4v) is 1.45. The fraction of sp³-hybridized carbons (Fsp3) is 0.500. The second-order valence-electron chi connectivity index (χ2n) is 5.08. The molecule has 0 aromatic rings. The van der Waals surface area contributed by atoms with Gasteiger partial charge in [0.25, 0.3) is 0 Å². The summed E-state index contributed by atoms with van der Waals surface area (Å²) in [4.78, 5) is 61.3. The van der Waals surface area contributed by atoms with Crippen LogP contribution in [0.4, 0.5) is 0 Å². The Morgan fingerprint density at radius 1 is 0.548 bits per heavy atom. The van der Waals surface area contributed by atoms with Crippen molar-refractivity contribution in [2.24, 2.45) is 0 Å². The Balaban J connectivity index is -0.000000133. The molecule has 0 aliphatic rings. The molecule has 31 heavy (non-hydrogen) atoms. The normalized spacial score (nSPS) is 15.1. The van der Waals surface area contributed by atoms with Crippen molar-refractivity contribution < 1.29 is 79.8 Å². The van der Waals surface area contributed by atoms with E-state index in [2.05, 4.69) is 0 Å². The van der Waals surface area contributed by atoms with Gasteiger partial charge in [-0.05, 0) is 0 Å². The van der Waals surface area contributed by atoms with Gasteiger partial charge >= 0.3 is 35.8 Å². The van der Waals surface area contributed by atoms with Crippen molar-refractivity contribution >= 4 is 149 Å². The molecule has 0 heterocycles. The Bertz CT molecular complexity index is 612. The number of aliphatic hydroxyl groups is 4. The third kappa shape index (κ3) is 13.7. The summed E-state index contributed by atoms with van der Waals surface area (Å²) in [6, 6.07) is 0. The Morgan fingerprint density at radius 2 is 0.742 bits per heavy atom. The second-order valence-corrected chi connectivity index (χ2v) is 5.08. The van der Waals surface area contributed by atoms with Gasteiger partial charge in [-0.2, -0.15) is 0 Å². The van der Waals surface area contributed by atoms with E-state index in [1.807, 2.05) is 0 Å². The van der Waals surface area contributed by atoms with Crippen molar-refractivity contribution in [2.75, 3.05) is 0 Å². The molecule has 0 unspecified atom stereocenters. The Morgan fingerprint density at radius 3 is 0.839 bits per heavy atom. The molecule has 0 amide bonds. The van der Waals surface area contributed by atoms with Crippen LogP contribution in [0.1, 0.15) is 12.8 Å². The number of aliphatic carboxylic acids is 6. The van der Waals surface area contributed by atoms with Gasteiger partial charge in [0.05, 0.1) is 12.8 Å². The van der Waals surface area contributed by atoms with E-state index in [1.165, 1.54) is 0 Å². The molecule has 0 saturated carbocycles. The smallest absolute Gasteiger partial charge is 0.339 e. The van der Waals surface area contributed by atoms with Crippen LogP contribution in [0.25, 0.3) is 0 Å². The summed E-state index contributed by atoms with van der Waals surface area (Å²) >= 11 is 0. The summed E-state index contributed by atoms with van der Waals surface area (Å²) in [5, 5.41) is 85.3. The van der Waals surface area contributed by atoms with Gasteiger partial charge in [0.2, 0.25) is 11.2 Å². The Kier molecular flexibility index (Phi) is 24.0. The second kappa shape index (κ2) is 17.9. The minimum atomic E-state index is -3.22. The summed E-state index contributed by atoms with van der Waals surface area (Å²) in [7, 11) is 0. The van der Waals surface area contributed by atoms with Gasteiger partial charge < -0.3 is 51.1 Å². The van der Waals surface area contributed by atoms with E-state index in [9.17, 15) is 28.8 Å². The Hall–Kier alpha value is 0.439. The van der Waals surface area contributed by atoms with E-state index in [0.717, 1.165) is 0 Å². The molecule has 0 bridgehead atoms. The molecule has 0 aromatic carbocycles. The minimum absolute atomic E-state index is 0. The monoisotopic (exact) mass is 536 g/mol. The van der Waals surface area contributed by atoms with Crippen LogP contribution >= 0.6 is 0 Å². The zero-order chi connectivity index (χ0) is 23.0. The average molecular weight is 536 g/mol. The van der Waals surface area contributed by atoms with Gasteiger partial charge in [-0.25, -0.2) is 19.2 Å². The molecular formula is C12H16Ca3O16. The van der Waals surface area contributed by atoms with E-state index in [4.69, 9.17) is 51.1 Å². The van der Waals surface area contributed by atoms with Crippen LogP contribution in [-0.2, 0) is 28.8 Å². The third-order valence-electron chi connectivity index (χ3n) is 2.95. The van der Waals surface area contributed by atoms with Crippen molar-refractivity contribution in [3.8, 4) is 0 Å². The van der Waals surface area contributed by atoms with Crippen molar-refractivity contribution in [1.82, 2.24) is 0 Å². The molecule has 0 aromatic heterocycles. The first-order valence-electron chi connectivity index (χ1n) is 6.60. The maximum Gasteiger partial charge on any atom is 0.339 e. The van der Waals surface area contributed by atoms with Gasteiger partial charge in [0.15, 0.2) is 12.2 Å². The largest absolute Gasteiger partial charge is 0.481 e. The fourth-order valence-electron chi connectivity index (χ4n) is 1.45. The van der Waals surface area contributed by atoms with Gasteiger partial charge in [-0.3, -0.25) is 9.59 Å². The maximum absolute atomic E-state index is 10.4. The summed E-state index contributed by atoms with van der Waals surface area (Å²) in [5.74, 6) is -11.7. The molecule has 19 heteroatoms. The van der Waals surface area contributed by atoms with E-state index in [0.29, 0.717) is 0 Å². The van der Waals surface area contributed by atoms with E-state index < -0.39 is 72.1 Å². The van der Waals surface area contributed by atoms with Crippen LogP contribution in [0.2, 0.25) is 0 Å². The van der Waals surface area contributed by atoms with Crippen LogP contribution in [0, 0.1) is 0 Å². The molecular weight excluding hydrogens is 520 g/mol. The van der Waals surface area contributed by atoms with E-state index in [1.54, 1.807) is 0 Å². The zero-order valence-corrected chi connectivity index (χ0v) is 22.2. The summed E-state index contributed by atoms with van der Waals surface area (Å²) in [5.41, 5.74) is -6.45. The molecule has 0 aliphatic heterocycles. The molecule has 10 N–H and O–H groups in total. The third-order valence-corrected chi connectivity index (χ3v) is 2.95.